The van der Waals surface area contributed by atoms with Gasteiger partial charge in [-0.15, -0.1) is 0 Å². The van der Waals surface area contributed by atoms with Gasteiger partial charge in [-0.1, -0.05) is 0 Å². The molecule has 154 valence electrons. The molecule has 0 radical (unpaired) electrons. The average Bonchev–Trinajstić information content (AvgIpc) is 2.97. The van der Waals surface area contributed by atoms with Crippen LogP contribution in [0.1, 0.15) is 5.56 Å². The summed E-state index contributed by atoms with van der Waals surface area (Å²) in [6.07, 6.45) is -3.07. The van der Waals surface area contributed by atoms with Crippen molar-refractivity contribution >= 4 is 28.5 Å². The standard InChI is InChI=1S/C20H15F4N5O/c1-29-17-5-3-12(30-13-6-7-26-18(25)10-13)9-16(17)28-19(29)27-15-8-11(20(22,23)24)2-4-14(15)21/h2-10H,1H3,(H2,25,26)(H,27,28). The van der Waals surface area contributed by atoms with Crippen molar-refractivity contribution in [2.24, 2.45) is 7.05 Å². The zero-order valence-corrected chi connectivity index (χ0v) is 15.5. The number of fused-ring (bicyclic) bond motifs is 1. The Morgan fingerprint density at radius 3 is 2.53 bits per heavy atom. The van der Waals surface area contributed by atoms with E-state index < -0.39 is 17.6 Å². The number of halogens is 4. The topological polar surface area (TPSA) is 78.0 Å². The Labute approximate surface area is 167 Å². The van der Waals surface area contributed by atoms with Gasteiger partial charge in [0.2, 0.25) is 5.95 Å². The van der Waals surface area contributed by atoms with Crippen molar-refractivity contribution in [3.8, 4) is 11.5 Å². The van der Waals surface area contributed by atoms with E-state index in [4.69, 9.17) is 10.5 Å². The predicted octanol–water partition coefficient (Wildman–Crippen LogP) is 5.24. The van der Waals surface area contributed by atoms with Crippen molar-refractivity contribution < 1.29 is 22.3 Å². The normalized spacial score (nSPS) is 11.6. The molecule has 0 spiro atoms. The number of benzene rings is 2. The predicted molar refractivity (Wildman–Crippen MR) is 104 cm³/mol. The number of hydrogen-bond acceptors (Lipinski definition) is 5. The van der Waals surface area contributed by atoms with Gasteiger partial charge in [-0.25, -0.2) is 14.4 Å². The lowest BCUT2D eigenvalue weighted by Crippen LogP contribution is -2.07. The van der Waals surface area contributed by atoms with Crippen LogP contribution in [0.3, 0.4) is 0 Å². The van der Waals surface area contributed by atoms with Gasteiger partial charge in [-0.2, -0.15) is 13.2 Å². The van der Waals surface area contributed by atoms with Gasteiger partial charge in [0.25, 0.3) is 0 Å². The molecule has 3 N–H and O–H groups in total. The van der Waals surface area contributed by atoms with Crippen LogP contribution in [0.2, 0.25) is 0 Å². The number of nitrogens with zero attached hydrogens (tertiary/aromatic N) is 3. The molecule has 0 amide bonds. The van der Waals surface area contributed by atoms with E-state index in [9.17, 15) is 17.6 Å². The van der Waals surface area contributed by atoms with Crippen molar-refractivity contribution in [3.05, 3.63) is 66.1 Å². The molecule has 6 nitrogen and oxygen atoms in total. The molecule has 0 bridgehead atoms. The quantitative estimate of drug-likeness (QED) is 0.444. The number of hydrogen-bond donors (Lipinski definition) is 2. The summed E-state index contributed by atoms with van der Waals surface area (Å²) >= 11 is 0. The molecule has 0 atom stereocenters. The maximum absolute atomic E-state index is 14.1. The zero-order chi connectivity index (χ0) is 21.5. The number of alkyl halides is 3. The van der Waals surface area contributed by atoms with Crippen molar-refractivity contribution in [3.63, 3.8) is 0 Å². The molecule has 2 aromatic heterocycles. The van der Waals surface area contributed by atoms with E-state index in [0.29, 0.717) is 40.5 Å². The average molecular weight is 417 g/mol. The molecule has 2 heterocycles. The third kappa shape index (κ3) is 3.84. The number of pyridine rings is 1. The third-order valence-corrected chi connectivity index (χ3v) is 4.38. The van der Waals surface area contributed by atoms with Gasteiger partial charge in [0.1, 0.15) is 23.1 Å². The van der Waals surface area contributed by atoms with Gasteiger partial charge in [0, 0.05) is 25.4 Å². The molecule has 0 saturated carbocycles. The van der Waals surface area contributed by atoms with Gasteiger partial charge in [0.05, 0.1) is 22.3 Å². The van der Waals surface area contributed by atoms with Crippen molar-refractivity contribution in [2.75, 3.05) is 11.1 Å². The number of nitrogens with two attached hydrogens (primary N) is 1. The Morgan fingerprint density at radius 2 is 1.80 bits per heavy atom. The van der Waals surface area contributed by atoms with E-state index in [0.717, 1.165) is 6.07 Å². The highest BCUT2D eigenvalue weighted by Gasteiger charge is 2.31. The Balaban J connectivity index is 1.65. The molecular weight excluding hydrogens is 402 g/mol. The summed E-state index contributed by atoms with van der Waals surface area (Å²) in [5.74, 6) is 0.620. The molecule has 2 aromatic carbocycles. The second-order valence-corrected chi connectivity index (χ2v) is 6.48. The monoisotopic (exact) mass is 417 g/mol. The van der Waals surface area contributed by atoms with Crippen LogP contribution in [0.25, 0.3) is 11.0 Å². The first-order valence-corrected chi connectivity index (χ1v) is 8.70. The fourth-order valence-corrected chi connectivity index (χ4v) is 2.90. The molecule has 0 aliphatic rings. The Kier molecular flexibility index (Phi) is 4.69. The molecular formula is C20H15F4N5O. The first kappa shape index (κ1) is 19.5. The minimum atomic E-state index is -4.58. The van der Waals surface area contributed by atoms with Gasteiger partial charge < -0.3 is 20.4 Å². The van der Waals surface area contributed by atoms with E-state index in [1.54, 1.807) is 41.9 Å². The first-order chi connectivity index (χ1) is 14.2. The number of aromatic nitrogens is 3. The first-order valence-electron chi connectivity index (χ1n) is 8.70. The van der Waals surface area contributed by atoms with Gasteiger partial charge in [0.15, 0.2) is 0 Å². The number of aryl methyl sites for hydroxylation is 1. The number of rotatable bonds is 4. The fraction of sp³-hybridized carbons (Fsp3) is 0.100. The van der Waals surface area contributed by atoms with Crippen LogP contribution in [-0.2, 0) is 13.2 Å². The Hall–Kier alpha value is -3.82. The van der Waals surface area contributed by atoms with E-state index in [2.05, 4.69) is 15.3 Å². The maximum Gasteiger partial charge on any atom is 0.416 e. The molecule has 0 saturated heterocycles. The highest BCUT2D eigenvalue weighted by molar-refractivity contribution is 5.81. The second kappa shape index (κ2) is 7.21. The van der Waals surface area contributed by atoms with Crippen LogP contribution in [0.15, 0.2) is 54.7 Å². The summed E-state index contributed by atoms with van der Waals surface area (Å²) in [5.41, 5.74) is 5.52. The van der Waals surface area contributed by atoms with Crippen LogP contribution >= 0.6 is 0 Å². The van der Waals surface area contributed by atoms with Gasteiger partial charge in [-0.3, -0.25) is 0 Å². The number of imidazole rings is 1. The van der Waals surface area contributed by atoms with Crippen LogP contribution in [0.4, 0.5) is 35.0 Å². The fourth-order valence-electron chi connectivity index (χ4n) is 2.90. The SMILES string of the molecule is Cn1c(Nc2cc(C(F)(F)F)ccc2F)nc2cc(Oc3ccnc(N)c3)ccc21. The Bertz CT molecular complexity index is 1240. The lowest BCUT2D eigenvalue weighted by Gasteiger charge is -2.11. The molecule has 0 fully saturated rings. The smallest absolute Gasteiger partial charge is 0.416 e. The van der Waals surface area contributed by atoms with Crippen molar-refractivity contribution in [1.82, 2.24) is 14.5 Å². The highest BCUT2D eigenvalue weighted by atomic mass is 19.4. The molecule has 10 heteroatoms. The van der Waals surface area contributed by atoms with Crippen LogP contribution in [-0.4, -0.2) is 14.5 Å². The molecule has 0 unspecified atom stereocenters. The molecule has 0 aliphatic carbocycles. The van der Waals surface area contributed by atoms with E-state index in [1.807, 2.05) is 0 Å². The number of nitrogens with one attached hydrogen (secondary N) is 1. The Morgan fingerprint density at radius 1 is 1.03 bits per heavy atom. The number of nitrogen functional groups attached to an aromatic ring is 1. The summed E-state index contributed by atoms with van der Waals surface area (Å²) in [6, 6.07) is 10.4. The van der Waals surface area contributed by atoms with Crippen LogP contribution in [0.5, 0.6) is 11.5 Å². The molecule has 30 heavy (non-hydrogen) atoms. The molecule has 0 aliphatic heterocycles. The van der Waals surface area contributed by atoms with Gasteiger partial charge in [-0.05, 0) is 36.4 Å². The summed E-state index contributed by atoms with van der Waals surface area (Å²) in [4.78, 5) is 8.23. The largest absolute Gasteiger partial charge is 0.457 e. The summed E-state index contributed by atoms with van der Waals surface area (Å²) in [6.45, 7) is 0. The minimum absolute atomic E-state index is 0.175. The maximum atomic E-state index is 14.1. The lowest BCUT2D eigenvalue weighted by molar-refractivity contribution is -0.137. The second-order valence-electron chi connectivity index (χ2n) is 6.48. The van der Waals surface area contributed by atoms with Crippen molar-refractivity contribution in [1.29, 1.82) is 0 Å². The minimum Gasteiger partial charge on any atom is -0.457 e. The molecule has 4 rings (SSSR count). The zero-order valence-electron chi connectivity index (χ0n) is 15.5. The highest BCUT2D eigenvalue weighted by Crippen LogP contribution is 2.33. The van der Waals surface area contributed by atoms with E-state index in [1.165, 1.54) is 6.20 Å². The van der Waals surface area contributed by atoms with E-state index >= 15 is 0 Å². The number of ether oxygens (including phenoxy) is 1. The van der Waals surface area contributed by atoms with Crippen LogP contribution < -0.4 is 15.8 Å². The van der Waals surface area contributed by atoms with E-state index in [-0.39, 0.29) is 11.6 Å². The summed E-state index contributed by atoms with van der Waals surface area (Å²) in [7, 11) is 1.66. The third-order valence-electron chi connectivity index (χ3n) is 4.38. The number of anilines is 3. The van der Waals surface area contributed by atoms with Crippen molar-refractivity contribution in [2.45, 2.75) is 6.18 Å². The lowest BCUT2D eigenvalue weighted by atomic mass is 10.2. The summed E-state index contributed by atoms with van der Waals surface area (Å²) < 4.78 is 60.2. The van der Waals surface area contributed by atoms with Crippen LogP contribution in [0, 0.1) is 5.82 Å². The molecule has 4 aromatic rings. The summed E-state index contributed by atoms with van der Waals surface area (Å²) in [5, 5.41) is 2.63. The van der Waals surface area contributed by atoms with Gasteiger partial charge >= 0.3 is 6.18 Å².